The van der Waals surface area contributed by atoms with E-state index in [9.17, 15) is 0 Å². The number of aliphatic imine (C=N–C) groups is 1. The highest BCUT2D eigenvalue weighted by molar-refractivity contribution is 5.98. The molecular formula is C20H32N4O2. The number of methoxy groups -OCH3 is 1. The van der Waals surface area contributed by atoms with Gasteiger partial charge in [0.15, 0.2) is 0 Å². The number of aromatic nitrogens is 1. The van der Waals surface area contributed by atoms with E-state index in [1.54, 1.807) is 13.3 Å². The van der Waals surface area contributed by atoms with E-state index in [1.807, 2.05) is 12.1 Å². The summed E-state index contributed by atoms with van der Waals surface area (Å²) in [5, 5.41) is 0. The molecule has 1 aromatic rings. The van der Waals surface area contributed by atoms with Crippen LogP contribution in [0.15, 0.2) is 34.6 Å². The molecule has 1 aromatic heterocycles. The van der Waals surface area contributed by atoms with E-state index < -0.39 is 0 Å². The van der Waals surface area contributed by atoms with Gasteiger partial charge >= 0.3 is 0 Å². The lowest BCUT2D eigenvalue weighted by Crippen LogP contribution is -2.42. The summed E-state index contributed by atoms with van der Waals surface area (Å²) in [4.78, 5) is 13.5. The molecular weight excluding hydrogens is 328 g/mol. The Morgan fingerprint density at radius 3 is 2.46 bits per heavy atom. The van der Waals surface area contributed by atoms with Crippen LogP contribution in [0, 0.1) is 0 Å². The highest BCUT2D eigenvalue weighted by atomic mass is 16.5. The van der Waals surface area contributed by atoms with E-state index in [0.717, 1.165) is 44.1 Å². The minimum atomic E-state index is 0.212. The zero-order valence-corrected chi connectivity index (χ0v) is 17.0. The highest BCUT2D eigenvalue weighted by Gasteiger charge is 2.24. The van der Waals surface area contributed by atoms with Gasteiger partial charge in [-0.1, -0.05) is 0 Å². The number of allylic oxidation sites excluding steroid dienone is 1. The van der Waals surface area contributed by atoms with Crippen molar-refractivity contribution >= 4 is 5.84 Å². The van der Waals surface area contributed by atoms with Crippen molar-refractivity contribution in [2.75, 3.05) is 40.8 Å². The van der Waals surface area contributed by atoms with Crippen LogP contribution in [-0.2, 0) is 0 Å². The fourth-order valence-electron chi connectivity index (χ4n) is 3.04. The molecule has 0 aliphatic carbocycles. The predicted molar refractivity (Wildman–Crippen MR) is 106 cm³/mol. The molecule has 6 heteroatoms. The van der Waals surface area contributed by atoms with Crippen molar-refractivity contribution in [3.05, 3.63) is 29.6 Å². The zero-order chi connectivity index (χ0) is 19.1. The van der Waals surface area contributed by atoms with Gasteiger partial charge in [-0.05, 0) is 26.8 Å². The second-order valence-electron chi connectivity index (χ2n) is 6.74. The SMILES string of the molecule is CCN=C(/C(C)=C(\C)N(C)C)N1CCC(Oc2ccc(OC)nc2)CC1. The Labute approximate surface area is 157 Å². The lowest BCUT2D eigenvalue weighted by atomic mass is 10.1. The van der Waals surface area contributed by atoms with Gasteiger partial charge in [0.2, 0.25) is 5.88 Å². The number of likely N-dealkylation sites (tertiary alicyclic amines) is 1. The first-order valence-electron chi connectivity index (χ1n) is 9.27. The minimum absolute atomic E-state index is 0.212. The van der Waals surface area contributed by atoms with Gasteiger partial charge in [-0.25, -0.2) is 4.98 Å². The minimum Gasteiger partial charge on any atom is -0.489 e. The number of hydrogen-bond donors (Lipinski definition) is 0. The summed E-state index contributed by atoms with van der Waals surface area (Å²) >= 11 is 0. The summed E-state index contributed by atoms with van der Waals surface area (Å²) < 4.78 is 11.2. The van der Waals surface area contributed by atoms with Crippen molar-refractivity contribution in [2.24, 2.45) is 4.99 Å². The molecule has 26 heavy (non-hydrogen) atoms. The molecule has 1 saturated heterocycles. The van der Waals surface area contributed by atoms with Crippen LogP contribution in [0.1, 0.15) is 33.6 Å². The van der Waals surface area contributed by atoms with Crippen molar-refractivity contribution in [3.8, 4) is 11.6 Å². The maximum absolute atomic E-state index is 6.08. The summed E-state index contributed by atoms with van der Waals surface area (Å²) in [5.41, 5.74) is 2.50. The Morgan fingerprint density at radius 1 is 1.27 bits per heavy atom. The second kappa shape index (κ2) is 9.46. The highest BCUT2D eigenvalue weighted by Crippen LogP contribution is 2.22. The third-order valence-corrected chi connectivity index (χ3v) is 4.82. The van der Waals surface area contributed by atoms with Gasteiger partial charge in [0.1, 0.15) is 17.7 Å². The first-order valence-corrected chi connectivity index (χ1v) is 9.27. The fourth-order valence-corrected chi connectivity index (χ4v) is 3.04. The molecule has 0 aromatic carbocycles. The molecule has 1 fully saturated rings. The summed E-state index contributed by atoms with van der Waals surface area (Å²) in [6.07, 6.45) is 3.89. The summed E-state index contributed by atoms with van der Waals surface area (Å²) in [6, 6.07) is 3.74. The third-order valence-electron chi connectivity index (χ3n) is 4.82. The molecule has 1 aliphatic heterocycles. The molecule has 2 heterocycles. The predicted octanol–water partition coefficient (Wildman–Crippen LogP) is 3.21. The van der Waals surface area contributed by atoms with Crippen LogP contribution in [-0.4, -0.2) is 67.6 Å². The van der Waals surface area contributed by atoms with Crippen molar-refractivity contribution in [3.63, 3.8) is 0 Å². The molecule has 0 atom stereocenters. The van der Waals surface area contributed by atoms with Gasteiger partial charge in [0.05, 0.1) is 13.3 Å². The standard InChI is InChI=1S/C20H32N4O2/c1-7-21-20(15(2)16(3)23(4)5)24-12-10-17(11-13-24)26-18-8-9-19(25-6)22-14-18/h8-9,14,17H,7,10-13H2,1-6H3/b16-15+,21-20?. The average Bonchev–Trinajstić information content (AvgIpc) is 2.66. The number of ether oxygens (including phenoxy) is 2. The number of hydrogen-bond acceptors (Lipinski definition) is 5. The van der Waals surface area contributed by atoms with E-state index in [2.05, 4.69) is 49.7 Å². The third kappa shape index (κ3) is 5.13. The number of rotatable bonds is 6. The van der Waals surface area contributed by atoms with Crippen LogP contribution in [0.5, 0.6) is 11.6 Å². The summed E-state index contributed by atoms with van der Waals surface area (Å²) in [6.45, 7) is 9.09. The Balaban J connectivity index is 1.99. The molecule has 0 radical (unpaired) electrons. The van der Waals surface area contributed by atoms with Crippen LogP contribution < -0.4 is 9.47 Å². The molecule has 0 N–H and O–H groups in total. The van der Waals surface area contributed by atoms with Gasteiger partial charge < -0.3 is 19.3 Å². The fraction of sp³-hybridized carbons (Fsp3) is 0.600. The van der Waals surface area contributed by atoms with Crippen LogP contribution in [0.2, 0.25) is 0 Å². The van der Waals surface area contributed by atoms with Crippen molar-refractivity contribution < 1.29 is 9.47 Å². The average molecular weight is 361 g/mol. The van der Waals surface area contributed by atoms with Crippen LogP contribution in [0.4, 0.5) is 0 Å². The van der Waals surface area contributed by atoms with Gasteiger partial charge in [0.25, 0.3) is 0 Å². The van der Waals surface area contributed by atoms with E-state index in [1.165, 1.54) is 11.3 Å². The van der Waals surface area contributed by atoms with E-state index >= 15 is 0 Å². The number of nitrogens with zero attached hydrogens (tertiary/aromatic N) is 4. The quantitative estimate of drug-likeness (QED) is 0.576. The first-order chi connectivity index (χ1) is 12.5. The number of piperidine rings is 1. The van der Waals surface area contributed by atoms with E-state index in [-0.39, 0.29) is 6.10 Å². The van der Waals surface area contributed by atoms with Crippen LogP contribution in [0.3, 0.4) is 0 Å². The van der Waals surface area contributed by atoms with Crippen molar-refractivity contribution in [1.82, 2.24) is 14.8 Å². The monoisotopic (exact) mass is 360 g/mol. The summed E-state index contributed by atoms with van der Waals surface area (Å²) in [7, 11) is 5.76. The Morgan fingerprint density at radius 2 is 1.96 bits per heavy atom. The largest absolute Gasteiger partial charge is 0.489 e. The second-order valence-corrected chi connectivity index (χ2v) is 6.74. The molecule has 6 nitrogen and oxygen atoms in total. The van der Waals surface area contributed by atoms with Gasteiger partial charge in [-0.3, -0.25) is 4.99 Å². The van der Waals surface area contributed by atoms with E-state index in [4.69, 9.17) is 14.5 Å². The van der Waals surface area contributed by atoms with E-state index in [0.29, 0.717) is 5.88 Å². The van der Waals surface area contributed by atoms with Crippen molar-refractivity contribution in [2.45, 2.75) is 39.7 Å². The number of pyridine rings is 1. The summed E-state index contributed by atoms with van der Waals surface area (Å²) in [5.74, 6) is 2.51. The van der Waals surface area contributed by atoms with Crippen LogP contribution >= 0.6 is 0 Å². The zero-order valence-electron chi connectivity index (χ0n) is 17.0. The first kappa shape index (κ1) is 20.1. The lowest BCUT2D eigenvalue weighted by Gasteiger charge is -2.35. The molecule has 0 bridgehead atoms. The van der Waals surface area contributed by atoms with Crippen LogP contribution in [0.25, 0.3) is 0 Å². The van der Waals surface area contributed by atoms with Crippen molar-refractivity contribution in [1.29, 1.82) is 0 Å². The topological polar surface area (TPSA) is 50.2 Å². The maximum Gasteiger partial charge on any atom is 0.213 e. The molecule has 0 amide bonds. The molecule has 1 aliphatic rings. The lowest BCUT2D eigenvalue weighted by molar-refractivity contribution is 0.130. The number of amidine groups is 1. The molecule has 0 spiro atoms. The van der Waals surface area contributed by atoms with Gasteiger partial charge in [-0.2, -0.15) is 0 Å². The molecule has 0 unspecified atom stereocenters. The molecule has 2 rings (SSSR count). The normalized spacial score (nSPS) is 17.0. The molecule has 144 valence electrons. The smallest absolute Gasteiger partial charge is 0.213 e. The van der Waals surface area contributed by atoms with Gasteiger partial charge in [-0.15, -0.1) is 0 Å². The Kier molecular flexibility index (Phi) is 7.30. The molecule has 0 saturated carbocycles. The van der Waals surface area contributed by atoms with Gasteiger partial charge in [0, 0.05) is 63.9 Å². The maximum atomic E-state index is 6.08. The Bertz CT molecular complexity index is 630. The Hall–Kier alpha value is -2.24.